The van der Waals surface area contributed by atoms with Gasteiger partial charge in [0.15, 0.2) is 0 Å². The number of nitrogens with zero attached hydrogens (tertiary/aromatic N) is 1. The molecule has 5 rings (SSSR count). The van der Waals surface area contributed by atoms with Crippen LogP contribution in [0.1, 0.15) is 28.7 Å². The van der Waals surface area contributed by atoms with Gasteiger partial charge < -0.3 is 14.4 Å². The van der Waals surface area contributed by atoms with Crippen LogP contribution in [-0.4, -0.2) is 7.11 Å². The topological polar surface area (TPSA) is 21.7 Å². The molecule has 0 atom stereocenters. The van der Waals surface area contributed by atoms with Crippen molar-refractivity contribution in [1.82, 2.24) is 0 Å². The lowest BCUT2D eigenvalue weighted by Gasteiger charge is -2.26. The Labute approximate surface area is 206 Å². The third-order valence-corrected chi connectivity index (χ3v) is 6.36. The molecule has 0 aromatic heterocycles. The monoisotopic (exact) mass is 465 g/mol. The van der Waals surface area contributed by atoms with Crippen molar-refractivity contribution in [3.05, 3.63) is 131 Å². The van der Waals surface area contributed by atoms with Gasteiger partial charge in [0.2, 0.25) is 0 Å². The molecule has 1 heterocycles. The van der Waals surface area contributed by atoms with Gasteiger partial charge in [-0.2, -0.15) is 0 Å². The predicted molar refractivity (Wildman–Crippen MR) is 139 cm³/mol. The van der Waals surface area contributed by atoms with E-state index in [0.29, 0.717) is 13.2 Å². The molecule has 4 heteroatoms. The normalized spacial score (nSPS) is 14.3. The Kier molecular flexibility index (Phi) is 6.80. The van der Waals surface area contributed by atoms with Crippen LogP contribution in [0.4, 0.5) is 10.1 Å². The number of methoxy groups -OCH3 is 1. The second-order valence-corrected chi connectivity index (χ2v) is 8.64. The fraction of sp³-hybridized carbons (Fsp3) is 0.161. The number of allylic oxidation sites excluding steroid dienone is 1. The van der Waals surface area contributed by atoms with Gasteiger partial charge >= 0.3 is 0 Å². The van der Waals surface area contributed by atoms with Crippen LogP contribution in [0.3, 0.4) is 0 Å². The first-order chi connectivity index (χ1) is 17.2. The number of benzene rings is 4. The molecule has 0 saturated heterocycles. The second kappa shape index (κ2) is 10.5. The first kappa shape index (κ1) is 22.7. The predicted octanol–water partition coefficient (Wildman–Crippen LogP) is 7.41. The Morgan fingerprint density at radius 1 is 0.829 bits per heavy atom. The molecule has 3 nitrogen and oxygen atoms in total. The molecule has 0 amide bonds. The minimum Gasteiger partial charge on any atom is -0.497 e. The van der Waals surface area contributed by atoms with Gasteiger partial charge in [-0.05, 0) is 78.1 Å². The number of anilines is 1. The number of hydrogen-bond donors (Lipinski definition) is 0. The van der Waals surface area contributed by atoms with Crippen molar-refractivity contribution in [2.75, 3.05) is 12.0 Å². The molecule has 176 valence electrons. The molecule has 4 aromatic rings. The fourth-order valence-corrected chi connectivity index (χ4v) is 4.46. The molecule has 0 aliphatic carbocycles. The maximum Gasteiger partial charge on any atom is 0.127 e. The van der Waals surface area contributed by atoms with Crippen molar-refractivity contribution >= 4 is 11.8 Å². The van der Waals surface area contributed by atoms with E-state index in [4.69, 9.17) is 9.47 Å². The van der Waals surface area contributed by atoms with Crippen LogP contribution in [0.15, 0.2) is 103 Å². The zero-order valence-electron chi connectivity index (χ0n) is 19.8. The standard InChI is InChI=1S/C31H28FNO2/c1-34-30-18-12-26-21-33(28-16-13-27(32)14-17-28)29(15-11-24(26)20-30)19-25-9-5-6-10-31(25)35-22-23-7-3-2-4-8-23/h2-10,12-14,16-20H,11,15,21-22H2,1H3. The van der Waals surface area contributed by atoms with Gasteiger partial charge in [0, 0.05) is 23.5 Å². The molecule has 0 spiro atoms. The Balaban J connectivity index is 1.50. The SMILES string of the molecule is COc1ccc2c(c1)CCC(=Cc1ccccc1OCc1ccccc1)N(c1ccc(F)cc1)C2. The summed E-state index contributed by atoms with van der Waals surface area (Å²) >= 11 is 0. The summed E-state index contributed by atoms with van der Waals surface area (Å²) < 4.78 is 25.4. The van der Waals surface area contributed by atoms with E-state index in [2.05, 4.69) is 41.3 Å². The molecule has 1 aliphatic rings. The van der Waals surface area contributed by atoms with Crippen LogP contribution in [0.25, 0.3) is 6.08 Å². The Morgan fingerprint density at radius 2 is 1.60 bits per heavy atom. The number of aryl methyl sites for hydroxylation is 1. The highest BCUT2D eigenvalue weighted by molar-refractivity contribution is 5.66. The summed E-state index contributed by atoms with van der Waals surface area (Å²) in [5.41, 5.74) is 6.78. The summed E-state index contributed by atoms with van der Waals surface area (Å²) in [6.45, 7) is 1.21. The number of hydrogen-bond acceptors (Lipinski definition) is 3. The van der Waals surface area contributed by atoms with Crippen LogP contribution < -0.4 is 14.4 Å². The number of fused-ring (bicyclic) bond motifs is 1. The highest BCUT2D eigenvalue weighted by Crippen LogP contribution is 2.34. The van der Waals surface area contributed by atoms with E-state index in [1.165, 1.54) is 23.3 Å². The summed E-state index contributed by atoms with van der Waals surface area (Å²) in [5, 5.41) is 0. The molecule has 0 saturated carbocycles. The molecule has 0 N–H and O–H groups in total. The summed E-state index contributed by atoms with van der Waals surface area (Å²) in [6, 6.07) is 31.3. The number of ether oxygens (including phenoxy) is 2. The smallest absolute Gasteiger partial charge is 0.127 e. The minimum atomic E-state index is -0.237. The lowest BCUT2D eigenvalue weighted by molar-refractivity contribution is 0.305. The van der Waals surface area contributed by atoms with Crippen molar-refractivity contribution in [2.45, 2.75) is 26.0 Å². The summed E-state index contributed by atoms with van der Waals surface area (Å²) in [7, 11) is 1.70. The maximum absolute atomic E-state index is 13.7. The maximum atomic E-state index is 13.7. The number of rotatable bonds is 6. The van der Waals surface area contributed by atoms with E-state index in [9.17, 15) is 4.39 Å². The Morgan fingerprint density at radius 3 is 2.40 bits per heavy atom. The van der Waals surface area contributed by atoms with Crippen molar-refractivity contribution in [3.63, 3.8) is 0 Å². The Hall–Kier alpha value is -4.05. The summed E-state index contributed by atoms with van der Waals surface area (Å²) in [4.78, 5) is 2.27. The lowest BCUT2D eigenvalue weighted by atomic mass is 10.0. The van der Waals surface area contributed by atoms with Crippen LogP contribution in [-0.2, 0) is 19.6 Å². The number of halogens is 1. The summed E-state index contributed by atoms with van der Waals surface area (Å²) in [5.74, 6) is 1.47. The highest BCUT2D eigenvalue weighted by Gasteiger charge is 2.20. The van der Waals surface area contributed by atoms with Crippen LogP contribution in [0.5, 0.6) is 11.5 Å². The van der Waals surface area contributed by atoms with Crippen molar-refractivity contribution in [3.8, 4) is 11.5 Å². The van der Waals surface area contributed by atoms with E-state index in [1.807, 2.05) is 54.6 Å². The second-order valence-electron chi connectivity index (χ2n) is 8.64. The molecule has 0 fully saturated rings. The quantitative estimate of drug-likeness (QED) is 0.296. The van der Waals surface area contributed by atoms with Gasteiger partial charge in [0.05, 0.1) is 7.11 Å². The van der Waals surface area contributed by atoms with Gasteiger partial charge in [-0.25, -0.2) is 4.39 Å². The van der Waals surface area contributed by atoms with Crippen molar-refractivity contribution in [2.24, 2.45) is 0 Å². The molecule has 0 radical (unpaired) electrons. The van der Waals surface area contributed by atoms with Crippen molar-refractivity contribution < 1.29 is 13.9 Å². The number of para-hydroxylation sites is 1. The van der Waals surface area contributed by atoms with Crippen LogP contribution >= 0.6 is 0 Å². The molecule has 4 aromatic carbocycles. The molecular weight excluding hydrogens is 437 g/mol. The molecular formula is C31H28FNO2. The zero-order valence-corrected chi connectivity index (χ0v) is 19.8. The van der Waals surface area contributed by atoms with Gasteiger partial charge in [-0.3, -0.25) is 0 Å². The average molecular weight is 466 g/mol. The fourth-order valence-electron chi connectivity index (χ4n) is 4.46. The summed E-state index contributed by atoms with van der Waals surface area (Å²) in [6.07, 6.45) is 3.93. The van der Waals surface area contributed by atoms with E-state index in [0.717, 1.165) is 46.9 Å². The third-order valence-electron chi connectivity index (χ3n) is 6.36. The van der Waals surface area contributed by atoms with E-state index in [-0.39, 0.29) is 5.82 Å². The van der Waals surface area contributed by atoms with Crippen molar-refractivity contribution in [1.29, 1.82) is 0 Å². The third kappa shape index (κ3) is 5.38. The molecule has 0 unspecified atom stereocenters. The van der Waals surface area contributed by atoms with Gasteiger partial charge in [0.25, 0.3) is 0 Å². The first-order valence-electron chi connectivity index (χ1n) is 11.8. The highest BCUT2D eigenvalue weighted by atomic mass is 19.1. The lowest BCUT2D eigenvalue weighted by Crippen LogP contribution is -2.20. The van der Waals surface area contributed by atoms with Crippen LogP contribution in [0.2, 0.25) is 0 Å². The van der Waals surface area contributed by atoms with Gasteiger partial charge in [0.1, 0.15) is 23.9 Å². The van der Waals surface area contributed by atoms with Crippen LogP contribution in [0, 0.1) is 5.82 Å². The largest absolute Gasteiger partial charge is 0.497 e. The molecule has 1 aliphatic heterocycles. The van der Waals surface area contributed by atoms with E-state index < -0.39 is 0 Å². The zero-order chi connectivity index (χ0) is 24.0. The Bertz CT molecular complexity index is 1320. The molecule has 35 heavy (non-hydrogen) atoms. The van der Waals surface area contributed by atoms with Gasteiger partial charge in [-0.15, -0.1) is 0 Å². The van der Waals surface area contributed by atoms with E-state index >= 15 is 0 Å². The average Bonchev–Trinajstić information content (AvgIpc) is 3.08. The first-order valence-corrected chi connectivity index (χ1v) is 11.8. The van der Waals surface area contributed by atoms with Gasteiger partial charge in [-0.1, -0.05) is 54.6 Å². The van der Waals surface area contributed by atoms with E-state index in [1.54, 1.807) is 7.11 Å². The molecule has 0 bridgehead atoms. The minimum absolute atomic E-state index is 0.237.